The van der Waals surface area contributed by atoms with Crippen LogP contribution in [0.5, 0.6) is 0 Å². The molecule has 0 amide bonds. The molecule has 0 bridgehead atoms. The van der Waals surface area contributed by atoms with Crippen molar-refractivity contribution in [2.75, 3.05) is 19.6 Å². The van der Waals surface area contributed by atoms with Gasteiger partial charge in [0.05, 0.1) is 11.0 Å². The van der Waals surface area contributed by atoms with E-state index < -0.39 is 0 Å². The maximum absolute atomic E-state index is 12.2. The average molecular weight is 389 g/mol. The highest BCUT2D eigenvalue weighted by atomic mass is 16.1. The summed E-state index contributed by atoms with van der Waals surface area (Å²) in [5.74, 6) is 0.647. The number of nitrogens with one attached hydrogen (secondary N) is 1. The number of fused-ring (bicyclic) bond motifs is 2. The summed E-state index contributed by atoms with van der Waals surface area (Å²) in [7, 11) is 2.15. The predicted octanol–water partition coefficient (Wildman–Crippen LogP) is 4.09. The Hall–Kier alpha value is -2.79. The minimum Gasteiger partial charge on any atom is -0.350 e. The van der Waals surface area contributed by atoms with Crippen molar-refractivity contribution in [1.82, 2.24) is 19.0 Å². The van der Waals surface area contributed by atoms with E-state index >= 15 is 0 Å². The summed E-state index contributed by atoms with van der Waals surface area (Å²) in [6.07, 6.45) is 5.75. The van der Waals surface area contributed by atoms with Crippen molar-refractivity contribution >= 4 is 21.9 Å². The number of piperidine rings is 1. The molecule has 4 aromatic rings. The molecule has 1 fully saturated rings. The van der Waals surface area contributed by atoms with Crippen molar-refractivity contribution < 1.29 is 0 Å². The number of para-hydroxylation sites is 3. The highest BCUT2D eigenvalue weighted by Crippen LogP contribution is 2.34. The Morgan fingerprint density at radius 2 is 1.69 bits per heavy atom. The van der Waals surface area contributed by atoms with E-state index in [1.54, 1.807) is 0 Å². The van der Waals surface area contributed by atoms with Crippen LogP contribution in [0, 0.1) is 0 Å². The number of imidazole rings is 1. The van der Waals surface area contributed by atoms with Crippen LogP contribution >= 0.6 is 0 Å². The van der Waals surface area contributed by atoms with Gasteiger partial charge in [-0.15, -0.1) is 0 Å². The number of likely N-dealkylation sites (tertiary alicyclic amines) is 1. The summed E-state index contributed by atoms with van der Waals surface area (Å²) in [5.41, 5.74) is 4.77. The van der Waals surface area contributed by atoms with E-state index in [1.165, 1.54) is 29.3 Å². The van der Waals surface area contributed by atoms with Gasteiger partial charge in [-0.2, -0.15) is 0 Å². The molecule has 2 aromatic heterocycles. The Morgan fingerprint density at radius 3 is 2.52 bits per heavy atom. The first-order valence-electron chi connectivity index (χ1n) is 10.6. The van der Waals surface area contributed by atoms with Crippen LogP contribution in [0.15, 0.2) is 59.5 Å². The van der Waals surface area contributed by atoms with Crippen LogP contribution in [0.2, 0.25) is 0 Å². The second kappa shape index (κ2) is 7.56. The van der Waals surface area contributed by atoms with Gasteiger partial charge in [0.15, 0.2) is 0 Å². The van der Waals surface area contributed by atoms with Crippen molar-refractivity contribution in [2.24, 2.45) is 7.05 Å². The van der Waals surface area contributed by atoms with Gasteiger partial charge in [0.2, 0.25) is 0 Å². The second-order valence-electron chi connectivity index (χ2n) is 8.28. The largest absolute Gasteiger partial charge is 0.350 e. The van der Waals surface area contributed by atoms with Gasteiger partial charge in [0.1, 0.15) is 0 Å². The lowest BCUT2D eigenvalue weighted by molar-refractivity contribution is 0.207. The van der Waals surface area contributed by atoms with Gasteiger partial charge in [-0.25, -0.2) is 4.79 Å². The lowest BCUT2D eigenvalue weighted by Crippen LogP contribution is -2.34. The molecule has 5 nitrogen and oxygen atoms in total. The van der Waals surface area contributed by atoms with E-state index in [1.807, 2.05) is 28.8 Å². The summed E-state index contributed by atoms with van der Waals surface area (Å²) < 4.78 is 4.13. The number of aromatic nitrogens is 3. The number of H-pyrrole nitrogens is 1. The van der Waals surface area contributed by atoms with Gasteiger partial charge in [-0.3, -0.25) is 4.57 Å². The van der Waals surface area contributed by atoms with Gasteiger partial charge in [0, 0.05) is 30.7 Å². The second-order valence-corrected chi connectivity index (χ2v) is 8.28. The number of hydrogen-bond donors (Lipinski definition) is 1. The molecule has 5 rings (SSSR count). The van der Waals surface area contributed by atoms with Gasteiger partial charge in [0.25, 0.3) is 0 Å². The molecular weight excluding hydrogens is 360 g/mol. The molecule has 1 N–H and O–H groups in total. The number of benzene rings is 2. The molecule has 0 unspecified atom stereocenters. The number of aromatic amines is 1. The molecule has 1 aliphatic rings. The highest BCUT2D eigenvalue weighted by Gasteiger charge is 2.23. The average Bonchev–Trinajstić information content (AvgIpc) is 3.26. The Kier molecular flexibility index (Phi) is 4.76. The van der Waals surface area contributed by atoms with Crippen LogP contribution in [0.25, 0.3) is 21.9 Å². The fraction of sp³-hybridized carbons (Fsp3) is 0.375. The predicted molar refractivity (Wildman–Crippen MR) is 119 cm³/mol. The monoisotopic (exact) mass is 388 g/mol. The lowest BCUT2D eigenvalue weighted by atomic mass is 9.89. The third-order valence-electron chi connectivity index (χ3n) is 6.49. The number of aryl methyl sites for hydroxylation is 2. The molecule has 0 aliphatic carbocycles. The summed E-state index contributed by atoms with van der Waals surface area (Å²) in [6.45, 7) is 4.09. The fourth-order valence-corrected chi connectivity index (χ4v) is 4.95. The van der Waals surface area contributed by atoms with E-state index in [0.717, 1.165) is 43.6 Å². The Morgan fingerprint density at radius 1 is 0.966 bits per heavy atom. The first-order valence-corrected chi connectivity index (χ1v) is 10.6. The third-order valence-corrected chi connectivity index (χ3v) is 6.49. The molecule has 5 heteroatoms. The van der Waals surface area contributed by atoms with Crippen molar-refractivity contribution in [3.8, 4) is 0 Å². The van der Waals surface area contributed by atoms with Crippen LogP contribution in [0.1, 0.15) is 30.7 Å². The van der Waals surface area contributed by atoms with Gasteiger partial charge >= 0.3 is 5.69 Å². The topological polar surface area (TPSA) is 46.0 Å². The SMILES string of the molecule is Cn1cc(C2CCN(CCCn3c(=O)[nH]c4ccccc43)CC2)c2ccccc21. The Bertz CT molecular complexity index is 1190. The first kappa shape index (κ1) is 18.3. The van der Waals surface area contributed by atoms with E-state index in [0.29, 0.717) is 5.92 Å². The zero-order valence-electron chi connectivity index (χ0n) is 17.0. The fourth-order valence-electron chi connectivity index (χ4n) is 4.95. The van der Waals surface area contributed by atoms with E-state index in [-0.39, 0.29) is 5.69 Å². The van der Waals surface area contributed by atoms with E-state index in [9.17, 15) is 4.79 Å². The quantitative estimate of drug-likeness (QED) is 0.560. The molecule has 1 saturated heterocycles. The Balaban J connectivity index is 1.19. The van der Waals surface area contributed by atoms with Gasteiger partial charge in [-0.1, -0.05) is 30.3 Å². The molecule has 0 saturated carbocycles. The van der Waals surface area contributed by atoms with Gasteiger partial charge < -0.3 is 14.5 Å². The third kappa shape index (κ3) is 3.40. The Labute approximate surface area is 170 Å². The number of hydrogen-bond acceptors (Lipinski definition) is 2. The van der Waals surface area contributed by atoms with Crippen LogP contribution in [0.4, 0.5) is 0 Å². The molecule has 2 aromatic carbocycles. The maximum atomic E-state index is 12.2. The molecule has 0 atom stereocenters. The van der Waals surface area contributed by atoms with Crippen LogP contribution in [-0.4, -0.2) is 38.7 Å². The standard InChI is InChI=1S/C24H28N4O/c1-26-17-20(19-7-2-4-9-22(19)26)18-11-15-27(16-12-18)13-6-14-28-23-10-5-3-8-21(23)25-24(28)29/h2-5,7-10,17-18H,6,11-16H2,1H3,(H,25,29). The smallest absolute Gasteiger partial charge is 0.326 e. The normalized spacial score (nSPS) is 16.2. The van der Waals surface area contributed by atoms with Crippen LogP contribution in [0.3, 0.4) is 0 Å². The van der Waals surface area contributed by atoms with Gasteiger partial charge in [-0.05, 0) is 68.6 Å². The van der Waals surface area contributed by atoms with Crippen molar-refractivity contribution in [3.05, 3.63) is 70.8 Å². The molecule has 3 heterocycles. The zero-order chi connectivity index (χ0) is 19.8. The van der Waals surface area contributed by atoms with Crippen molar-refractivity contribution in [3.63, 3.8) is 0 Å². The van der Waals surface area contributed by atoms with E-state index in [4.69, 9.17) is 0 Å². The van der Waals surface area contributed by atoms with Crippen LogP contribution in [-0.2, 0) is 13.6 Å². The summed E-state index contributed by atoms with van der Waals surface area (Å²) in [4.78, 5) is 17.7. The summed E-state index contributed by atoms with van der Waals surface area (Å²) in [6, 6.07) is 16.7. The molecule has 29 heavy (non-hydrogen) atoms. The highest BCUT2D eigenvalue weighted by molar-refractivity contribution is 5.84. The molecule has 0 radical (unpaired) electrons. The zero-order valence-corrected chi connectivity index (χ0v) is 17.0. The summed E-state index contributed by atoms with van der Waals surface area (Å²) in [5, 5.41) is 1.41. The number of nitrogens with zero attached hydrogens (tertiary/aromatic N) is 3. The minimum atomic E-state index is 0.000800. The lowest BCUT2D eigenvalue weighted by Gasteiger charge is -2.32. The molecule has 1 aliphatic heterocycles. The minimum absolute atomic E-state index is 0.000800. The van der Waals surface area contributed by atoms with Crippen molar-refractivity contribution in [1.29, 1.82) is 0 Å². The van der Waals surface area contributed by atoms with Crippen molar-refractivity contribution in [2.45, 2.75) is 31.7 Å². The van der Waals surface area contributed by atoms with Crippen LogP contribution < -0.4 is 5.69 Å². The summed E-state index contributed by atoms with van der Waals surface area (Å²) >= 11 is 0. The first-order chi connectivity index (χ1) is 14.2. The molecule has 0 spiro atoms. The molecular formula is C24H28N4O. The number of rotatable bonds is 5. The van der Waals surface area contributed by atoms with E-state index in [2.05, 4.69) is 52.0 Å². The maximum Gasteiger partial charge on any atom is 0.326 e. The molecule has 150 valence electrons.